The van der Waals surface area contributed by atoms with Crippen LogP contribution in [0.25, 0.3) is 0 Å². The third-order valence-electron chi connectivity index (χ3n) is 2.69. The quantitative estimate of drug-likeness (QED) is 0.492. The third-order valence-corrected chi connectivity index (χ3v) is 2.69. The van der Waals surface area contributed by atoms with Crippen molar-refractivity contribution in [3.05, 3.63) is 0 Å². The SMILES string of the molecule is C#CCNCC(O)CC1CCCC1. The second-order valence-electron chi connectivity index (χ2n) is 3.88. The number of aliphatic hydroxyl groups is 1. The highest BCUT2D eigenvalue weighted by atomic mass is 16.3. The van der Waals surface area contributed by atoms with Crippen LogP contribution >= 0.6 is 0 Å². The summed E-state index contributed by atoms with van der Waals surface area (Å²) in [4.78, 5) is 0. The summed E-state index contributed by atoms with van der Waals surface area (Å²) < 4.78 is 0. The molecule has 0 spiro atoms. The molecule has 0 heterocycles. The lowest BCUT2D eigenvalue weighted by atomic mass is 10.0. The van der Waals surface area contributed by atoms with Gasteiger partial charge >= 0.3 is 0 Å². The van der Waals surface area contributed by atoms with Crippen LogP contribution in [0.1, 0.15) is 32.1 Å². The molecule has 0 saturated heterocycles. The van der Waals surface area contributed by atoms with E-state index in [1.165, 1.54) is 25.7 Å². The van der Waals surface area contributed by atoms with E-state index < -0.39 is 0 Å². The van der Waals surface area contributed by atoms with Gasteiger partial charge in [0.1, 0.15) is 0 Å². The maximum absolute atomic E-state index is 9.61. The molecule has 0 aliphatic heterocycles. The van der Waals surface area contributed by atoms with Crippen LogP contribution in [0.3, 0.4) is 0 Å². The van der Waals surface area contributed by atoms with Crippen molar-refractivity contribution in [1.29, 1.82) is 0 Å². The molecule has 74 valence electrons. The Bertz CT molecular complexity index is 167. The molecule has 1 unspecified atom stereocenters. The molecule has 1 atom stereocenters. The van der Waals surface area contributed by atoms with Crippen LogP contribution in [-0.4, -0.2) is 24.3 Å². The molecule has 0 bridgehead atoms. The molecule has 0 aromatic heterocycles. The van der Waals surface area contributed by atoms with E-state index in [2.05, 4.69) is 11.2 Å². The number of aliphatic hydroxyl groups excluding tert-OH is 1. The third kappa shape index (κ3) is 4.31. The van der Waals surface area contributed by atoms with Crippen LogP contribution in [0.5, 0.6) is 0 Å². The molecule has 1 aliphatic carbocycles. The lowest BCUT2D eigenvalue weighted by Gasteiger charge is -2.14. The summed E-state index contributed by atoms with van der Waals surface area (Å²) in [6, 6.07) is 0. The summed E-state index contributed by atoms with van der Waals surface area (Å²) in [6.07, 6.45) is 11.1. The normalized spacial score (nSPS) is 20.0. The zero-order chi connectivity index (χ0) is 9.52. The summed E-state index contributed by atoms with van der Waals surface area (Å²) in [5, 5.41) is 12.6. The minimum absolute atomic E-state index is 0.212. The fraction of sp³-hybridized carbons (Fsp3) is 0.818. The lowest BCUT2D eigenvalue weighted by molar-refractivity contribution is 0.142. The Hall–Kier alpha value is -0.520. The van der Waals surface area contributed by atoms with Crippen molar-refractivity contribution >= 4 is 0 Å². The van der Waals surface area contributed by atoms with Gasteiger partial charge in [-0.1, -0.05) is 31.6 Å². The highest BCUT2D eigenvalue weighted by molar-refractivity contribution is 4.87. The van der Waals surface area contributed by atoms with Gasteiger partial charge in [-0.3, -0.25) is 0 Å². The molecule has 2 N–H and O–H groups in total. The highest BCUT2D eigenvalue weighted by Gasteiger charge is 2.18. The Morgan fingerprint density at radius 3 is 2.77 bits per heavy atom. The fourth-order valence-corrected chi connectivity index (χ4v) is 2.03. The fourth-order valence-electron chi connectivity index (χ4n) is 2.03. The molecule has 1 fully saturated rings. The van der Waals surface area contributed by atoms with E-state index >= 15 is 0 Å². The van der Waals surface area contributed by atoms with Crippen molar-refractivity contribution < 1.29 is 5.11 Å². The standard InChI is InChI=1S/C11H19NO/c1-2-7-12-9-11(13)8-10-5-3-4-6-10/h1,10-13H,3-9H2. The lowest BCUT2D eigenvalue weighted by Crippen LogP contribution is -2.28. The minimum atomic E-state index is -0.212. The Morgan fingerprint density at radius 1 is 1.46 bits per heavy atom. The number of terminal acetylenes is 1. The van der Waals surface area contributed by atoms with Crippen molar-refractivity contribution in [2.45, 2.75) is 38.2 Å². The maximum Gasteiger partial charge on any atom is 0.0667 e. The topological polar surface area (TPSA) is 32.3 Å². The van der Waals surface area contributed by atoms with Gasteiger partial charge in [0.25, 0.3) is 0 Å². The largest absolute Gasteiger partial charge is 0.392 e. The van der Waals surface area contributed by atoms with Gasteiger partial charge in [-0.2, -0.15) is 0 Å². The van der Waals surface area contributed by atoms with E-state index in [0.29, 0.717) is 13.1 Å². The highest BCUT2D eigenvalue weighted by Crippen LogP contribution is 2.28. The second kappa shape index (κ2) is 6.01. The van der Waals surface area contributed by atoms with Gasteiger partial charge in [-0.15, -0.1) is 6.42 Å². The summed E-state index contributed by atoms with van der Waals surface area (Å²) >= 11 is 0. The number of hydrogen-bond donors (Lipinski definition) is 2. The molecule has 0 radical (unpaired) electrons. The second-order valence-corrected chi connectivity index (χ2v) is 3.88. The van der Waals surface area contributed by atoms with Crippen molar-refractivity contribution in [3.63, 3.8) is 0 Å². The summed E-state index contributed by atoms with van der Waals surface area (Å²) in [6.45, 7) is 1.20. The first-order valence-corrected chi connectivity index (χ1v) is 5.15. The molecule has 0 aromatic carbocycles. The van der Waals surface area contributed by atoms with E-state index in [-0.39, 0.29) is 6.10 Å². The maximum atomic E-state index is 9.61. The summed E-state index contributed by atoms with van der Waals surface area (Å²) in [7, 11) is 0. The Labute approximate surface area is 80.7 Å². The molecule has 1 saturated carbocycles. The zero-order valence-corrected chi connectivity index (χ0v) is 8.13. The molecule has 13 heavy (non-hydrogen) atoms. The molecule has 1 aliphatic rings. The molecule has 2 nitrogen and oxygen atoms in total. The molecule has 1 rings (SSSR count). The van der Waals surface area contributed by atoms with Crippen molar-refractivity contribution in [2.24, 2.45) is 5.92 Å². The minimum Gasteiger partial charge on any atom is -0.392 e. The smallest absolute Gasteiger partial charge is 0.0667 e. The van der Waals surface area contributed by atoms with Crippen LogP contribution in [0.15, 0.2) is 0 Å². The van der Waals surface area contributed by atoms with Gasteiger partial charge in [0, 0.05) is 6.54 Å². The predicted octanol–water partition coefficient (Wildman–Crippen LogP) is 1.15. The summed E-state index contributed by atoms with van der Waals surface area (Å²) in [5.41, 5.74) is 0. The van der Waals surface area contributed by atoms with Crippen LogP contribution in [0.2, 0.25) is 0 Å². The van der Waals surface area contributed by atoms with Gasteiger partial charge in [0.05, 0.1) is 12.6 Å². The summed E-state index contributed by atoms with van der Waals surface area (Å²) in [5.74, 6) is 3.25. The first kappa shape index (κ1) is 10.6. The van der Waals surface area contributed by atoms with Gasteiger partial charge in [0.2, 0.25) is 0 Å². The van der Waals surface area contributed by atoms with E-state index in [1.807, 2.05) is 0 Å². The molecule has 2 heteroatoms. The van der Waals surface area contributed by atoms with E-state index in [1.54, 1.807) is 0 Å². The van der Waals surface area contributed by atoms with Crippen LogP contribution < -0.4 is 5.32 Å². The number of nitrogens with one attached hydrogen (secondary N) is 1. The van der Waals surface area contributed by atoms with Crippen LogP contribution in [0.4, 0.5) is 0 Å². The van der Waals surface area contributed by atoms with Crippen LogP contribution in [-0.2, 0) is 0 Å². The van der Waals surface area contributed by atoms with Crippen molar-refractivity contribution in [2.75, 3.05) is 13.1 Å². The Kier molecular flexibility index (Phi) is 4.88. The van der Waals surface area contributed by atoms with Gasteiger partial charge < -0.3 is 10.4 Å². The molecule has 0 aromatic rings. The average Bonchev–Trinajstić information content (AvgIpc) is 2.57. The molecular weight excluding hydrogens is 162 g/mol. The molecular formula is C11H19NO. The van der Waals surface area contributed by atoms with Crippen molar-refractivity contribution in [1.82, 2.24) is 5.32 Å². The van der Waals surface area contributed by atoms with E-state index in [9.17, 15) is 5.11 Å². The number of rotatable bonds is 5. The average molecular weight is 181 g/mol. The van der Waals surface area contributed by atoms with E-state index in [4.69, 9.17) is 6.42 Å². The Morgan fingerprint density at radius 2 is 2.15 bits per heavy atom. The van der Waals surface area contributed by atoms with Crippen molar-refractivity contribution in [3.8, 4) is 12.3 Å². The number of hydrogen-bond acceptors (Lipinski definition) is 2. The monoisotopic (exact) mass is 181 g/mol. The van der Waals surface area contributed by atoms with E-state index in [0.717, 1.165) is 12.3 Å². The molecule has 0 amide bonds. The Balaban J connectivity index is 2.03. The first-order valence-electron chi connectivity index (χ1n) is 5.15. The van der Waals surface area contributed by atoms with Gasteiger partial charge in [-0.05, 0) is 12.3 Å². The van der Waals surface area contributed by atoms with Gasteiger partial charge in [-0.25, -0.2) is 0 Å². The first-order chi connectivity index (χ1) is 6.33. The van der Waals surface area contributed by atoms with Gasteiger partial charge in [0.15, 0.2) is 0 Å². The van der Waals surface area contributed by atoms with Crippen LogP contribution in [0, 0.1) is 18.3 Å². The predicted molar refractivity (Wildman–Crippen MR) is 54.3 cm³/mol. The zero-order valence-electron chi connectivity index (χ0n) is 8.13.